The normalized spacial score (nSPS) is 12.6. The van der Waals surface area contributed by atoms with Crippen LogP contribution in [0.2, 0.25) is 0 Å². The Bertz CT molecular complexity index is 1230. The summed E-state index contributed by atoms with van der Waals surface area (Å²) in [6.45, 7) is 1.85. The fraction of sp³-hybridized carbons (Fsp3) is 0.200. The third-order valence-corrected chi connectivity index (χ3v) is 6.88. The molecule has 0 spiro atoms. The molecule has 7 nitrogen and oxygen atoms in total. The zero-order valence-corrected chi connectivity index (χ0v) is 20.3. The smallest absolute Gasteiger partial charge is 0.341 e. The van der Waals surface area contributed by atoms with Gasteiger partial charge in [-0.15, -0.1) is 11.3 Å². The van der Waals surface area contributed by atoms with Crippen LogP contribution >= 0.6 is 23.1 Å². The molecular formula is C25H22N2O5S2. The van der Waals surface area contributed by atoms with Crippen molar-refractivity contribution in [2.24, 2.45) is 0 Å². The lowest BCUT2D eigenvalue weighted by atomic mass is 10.1. The van der Waals surface area contributed by atoms with Gasteiger partial charge < -0.3 is 10.1 Å². The molecule has 0 saturated carbocycles. The molecule has 0 fully saturated rings. The highest BCUT2D eigenvalue weighted by molar-refractivity contribution is 7.97. The van der Waals surface area contributed by atoms with Gasteiger partial charge in [0.05, 0.1) is 29.8 Å². The van der Waals surface area contributed by atoms with Crippen molar-refractivity contribution in [3.05, 3.63) is 87.3 Å². The Morgan fingerprint density at radius 1 is 1.03 bits per heavy atom. The summed E-state index contributed by atoms with van der Waals surface area (Å²) in [7, 11) is 0. The van der Waals surface area contributed by atoms with Crippen LogP contribution in [0, 0.1) is 0 Å². The third kappa shape index (κ3) is 4.76. The van der Waals surface area contributed by atoms with Crippen molar-refractivity contribution in [2.75, 3.05) is 18.2 Å². The number of benzene rings is 2. The minimum atomic E-state index is -0.585. The van der Waals surface area contributed by atoms with Gasteiger partial charge in [-0.25, -0.2) is 4.79 Å². The molecule has 2 aromatic carbocycles. The van der Waals surface area contributed by atoms with E-state index in [0.29, 0.717) is 26.6 Å². The molecule has 2 heterocycles. The highest BCUT2D eigenvalue weighted by Gasteiger charge is 2.35. The topological polar surface area (TPSA) is 92.8 Å². The average molecular weight is 495 g/mol. The molecule has 34 heavy (non-hydrogen) atoms. The van der Waals surface area contributed by atoms with Crippen molar-refractivity contribution < 1.29 is 23.9 Å². The SMILES string of the molecule is CCOC(=O)c1cc(CN2C(=O)c3ccccc3C2=O)sc1NC(=O)c1ccc(CSC)cc1. The first-order chi connectivity index (χ1) is 16.4. The van der Waals surface area contributed by atoms with Crippen molar-refractivity contribution in [1.29, 1.82) is 0 Å². The molecule has 4 rings (SSSR count). The van der Waals surface area contributed by atoms with Gasteiger partial charge in [-0.3, -0.25) is 19.3 Å². The number of nitrogens with one attached hydrogen (secondary N) is 1. The van der Waals surface area contributed by atoms with Crippen molar-refractivity contribution in [3.63, 3.8) is 0 Å². The van der Waals surface area contributed by atoms with E-state index >= 15 is 0 Å². The minimum absolute atomic E-state index is 0.0112. The van der Waals surface area contributed by atoms with Gasteiger partial charge in [0, 0.05) is 16.2 Å². The maximum Gasteiger partial charge on any atom is 0.341 e. The molecule has 3 aromatic rings. The first-order valence-corrected chi connectivity index (χ1v) is 12.8. The Morgan fingerprint density at radius 3 is 2.26 bits per heavy atom. The number of thiophene rings is 1. The second-order valence-corrected chi connectivity index (χ2v) is 9.50. The zero-order valence-electron chi connectivity index (χ0n) is 18.6. The van der Waals surface area contributed by atoms with Crippen LogP contribution in [-0.2, 0) is 17.0 Å². The molecule has 1 aromatic heterocycles. The molecule has 1 N–H and O–H groups in total. The van der Waals surface area contributed by atoms with E-state index in [1.54, 1.807) is 61.2 Å². The van der Waals surface area contributed by atoms with Gasteiger partial charge in [0.1, 0.15) is 5.00 Å². The van der Waals surface area contributed by atoms with Crippen molar-refractivity contribution >= 4 is 51.8 Å². The fourth-order valence-electron chi connectivity index (χ4n) is 3.61. The maximum atomic E-state index is 12.8. The van der Waals surface area contributed by atoms with E-state index in [2.05, 4.69) is 5.32 Å². The molecule has 0 unspecified atom stereocenters. The molecule has 9 heteroatoms. The van der Waals surface area contributed by atoms with Gasteiger partial charge in [-0.05, 0) is 49.1 Å². The summed E-state index contributed by atoms with van der Waals surface area (Å²) < 4.78 is 5.14. The Kier molecular flexibility index (Phi) is 7.14. The standard InChI is InChI=1S/C25H22N2O5S2/c1-3-32-25(31)20-12-17(13-27-23(29)18-6-4-5-7-19(18)24(27)30)34-22(20)26-21(28)16-10-8-15(9-11-16)14-33-2/h4-12H,3,13-14H2,1-2H3,(H,26,28). The molecular weight excluding hydrogens is 472 g/mol. The molecule has 0 atom stereocenters. The quantitative estimate of drug-likeness (QED) is 0.356. The number of nitrogens with zero attached hydrogens (tertiary/aromatic N) is 1. The number of esters is 1. The van der Waals surface area contributed by atoms with E-state index < -0.39 is 5.97 Å². The minimum Gasteiger partial charge on any atom is -0.462 e. The van der Waals surface area contributed by atoms with E-state index in [4.69, 9.17) is 4.74 Å². The maximum absolute atomic E-state index is 12.8. The van der Waals surface area contributed by atoms with Crippen LogP contribution in [0.25, 0.3) is 0 Å². The Balaban J connectivity index is 1.57. The number of anilines is 1. The second-order valence-electron chi connectivity index (χ2n) is 7.50. The van der Waals surface area contributed by atoms with Gasteiger partial charge in [0.2, 0.25) is 0 Å². The number of ether oxygens (including phenoxy) is 1. The van der Waals surface area contributed by atoms with Gasteiger partial charge >= 0.3 is 5.97 Å². The largest absolute Gasteiger partial charge is 0.462 e. The van der Waals surface area contributed by atoms with Crippen LogP contribution in [0.4, 0.5) is 5.00 Å². The Hall–Kier alpha value is -3.43. The third-order valence-electron chi connectivity index (χ3n) is 5.22. The number of amides is 3. The Morgan fingerprint density at radius 2 is 1.68 bits per heavy atom. The fourth-order valence-corrected chi connectivity index (χ4v) is 5.16. The summed E-state index contributed by atoms with van der Waals surface area (Å²) in [5.41, 5.74) is 2.46. The summed E-state index contributed by atoms with van der Waals surface area (Å²) in [6.07, 6.45) is 2.01. The lowest BCUT2D eigenvalue weighted by Gasteiger charge is -2.12. The van der Waals surface area contributed by atoms with Crippen LogP contribution in [0.15, 0.2) is 54.6 Å². The summed E-state index contributed by atoms with van der Waals surface area (Å²) in [4.78, 5) is 52.5. The van der Waals surface area contributed by atoms with Gasteiger partial charge in [0.25, 0.3) is 17.7 Å². The molecule has 0 radical (unpaired) electrons. The number of carbonyl (C=O) groups is 4. The number of thioether (sulfide) groups is 1. The van der Waals surface area contributed by atoms with Crippen LogP contribution in [0.5, 0.6) is 0 Å². The first kappa shape index (κ1) is 23.7. The zero-order chi connectivity index (χ0) is 24.2. The molecule has 3 amide bonds. The summed E-state index contributed by atoms with van der Waals surface area (Å²) in [6, 6.07) is 15.4. The van der Waals surface area contributed by atoms with Crippen molar-refractivity contribution in [1.82, 2.24) is 4.90 Å². The van der Waals surface area contributed by atoms with Gasteiger partial charge in [-0.1, -0.05) is 24.3 Å². The van der Waals surface area contributed by atoms with Crippen LogP contribution < -0.4 is 5.32 Å². The number of imide groups is 1. The summed E-state index contributed by atoms with van der Waals surface area (Å²) >= 11 is 2.83. The summed E-state index contributed by atoms with van der Waals surface area (Å²) in [5.74, 6) is -0.875. The van der Waals surface area contributed by atoms with Gasteiger partial charge in [0.15, 0.2) is 0 Å². The van der Waals surface area contributed by atoms with E-state index in [1.807, 2.05) is 18.4 Å². The van der Waals surface area contributed by atoms with E-state index in [-0.39, 0.29) is 36.4 Å². The van der Waals surface area contributed by atoms with Crippen molar-refractivity contribution in [2.45, 2.75) is 19.2 Å². The Labute approximate surface area is 205 Å². The molecule has 174 valence electrons. The predicted molar refractivity (Wildman–Crippen MR) is 133 cm³/mol. The van der Waals surface area contributed by atoms with Crippen LogP contribution in [0.1, 0.15) is 58.8 Å². The highest BCUT2D eigenvalue weighted by Crippen LogP contribution is 2.32. The molecule has 0 aliphatic carbocycles. The van der Waals surface area contributed by atoms with Gasteiger partial charge in [-0.2, -0.15) is 11.8 Å². The molecule has 1 aliphatic rings. The van der Waals surface area contributed by atoms with E-state index in [9.17, 15) is 19.2 Å². The molecule has 1 aliphatic heterocycles. The van der Waals surface area contributed by atoms with E-state index in [1.165, 1.54) is 0 Å². The number of rotatable bonds is 8. The number of carbonyl (C=O) groups excluding carboxylic acids is 4. The number of hydrogen-bond acceptors (Lipinski definition) is 7. The lowest BCUT2D eigenvalue weighted by molar-refractivity contribution is 0.0527. The van der Waals surface area contributed by atoms with E-state index in [0.717, 1.165) is 27.6 Å². The lowest BCUT2D eigenvalue weighted by Crippen LogP contribution is -2.28. The first-order valence-electron chi connectivity index (χ1n) is 10.6. The van der Waals surface area contributed by atoms with Crippen LogP contribution in [-0.4, -0.2) is 41.5 Å². The predicted octanol–water partition coefficient (Wildman–Crippen LogP) is 4.84. The van der Waals surface area contributed by atoms with Crippen molar-refractivity contribution in [3.8, 4) is 0 Å². The highest BCUT2D eigenvalue weighted by atomic mass is 32.2. The van der Waals surface area contributed by atoms with Crippen LogP contribution in [0.3, 0.4) is 0 Å². The second kappa shape index (κ2) is 10.2. The monoisotopic (exact) mass is 494 g/mol. The molecule has 0 saturated heterocycles. The summed E-state index contributed by atoms with van der Waals surface area (Å²) in [5, 5.41) is 3.10. The average Bonchev–Trinajstić information content (AvgIpc) is 3.34. The molecule has 0 bridgehead atoms. The number of hydrogen-bond donors (Lipinski definition) is 1. The number of fused-ring (bicyclic) bond motifs is 1.